The molecule has 0 atom stereocenters. The van der Waals surface area contributed by atoms with Crippen molar-refractivity contribution >= 4 is 0 Å². The molecule has 0 unspecified atom stereocenters. The summed E-state index contributed by atoms with van der Waals surface area (Å²) in [7, 11) is 0. The lowest BCUT2D eigenvalue weighted by Gasteiger charge is -2.02. The van der Waals surface area contributed by atoms with E-state index in [4.69, 9.17) is 5.26 Å². The van der Waals surface area contributed by atoms with Crippen LogP contribution in [0.2, 0.25) is 0 Å². The van der Waals surface area contributed by atoms with Gasteiger partial charge in [-0.3, -0.25) is 4.98 Å². The van der Waals surface area contributed by atoms with Crippen molar-refractivity contribution in [2.45, 2.75) is 0 Å². The summed E-state index contributed by atoms with van der Waals surface area (Å²) in [5.41, 5.74) is 1.77. The molecule has 0 fully saturated rings. The highest BCUT2D eigenvalue weighted by molar-refractivity contribution is 5.67. The number of nitrogens with zero attached hydrogens (tertiary/aromatic N) is 2. The average molecular weight is 196 g/mol. The molecule has 1 aromatic carbocycles. The van der Waals surface area contributed by atoms with Crippen molar-refractivity contribution in [3.63, 3.8) is 0 Å². The molecule has 0 saturated carbocycles. The van der Waals surface area contributed by atoms with Gasteiger partial charge in [0.15, 0.2) is 0 Å². The topological polar surface area (TPSA) is 56.9 Å². The Morgan fingerprint density at radius 3 is 2.73 bits per heavy atom. The van der Waals surface area contributed by atoms with Gasteiger partial charge in [-0.15, -0.1) is 0 Å². The molecule has 3 heteroatoms. The monoisotopic (exact) mass is 196 g/mol. The van der Waals surface area contributed by atoms with E-state index in [0.29, 0.717) is 16.8 Å². The number of benzene rings is 1. The predicted molar refractivity (Wildman–Crippen MR) is 56.1 cm³/mol. The quantitative estimate of drug-likeness (QED) is 0.761. The molecule has 0 aliphatic heterocycles. The number of aromatic hydroxyl groups is 1. The van der Waals surface area contributed by atoms with Crippen molar-refractivity contribution in [3.05, 3.63) is 48.2 Å². The van der Waals surface area contributed by atoms with Gasteiger partial charge in [0.1, 0.15) is 5.75 Å². The molecule has 0 amide bonds. The Kier molecular flexibility index (Phi) is 2.34. The summed E-state index contributed by atoms with van der Waals surface area (Å²) in [6.07, 6.45) is 1.56. The van der Waals surface area contributed by atoms with E-state index < -0.39 is 0 Å². The summed E-state index contributed by atoms with van der Waals surface area (Å²) in [6.45, 7) is 0. The smallest absolute Gasteiger partial charge is 0.124 e. The first-order valence-electron chi connectivity index (χ1n) is 4.46. The largest absolute Gasteiger partial charge is 0.507 e. The number of nitriles is 1. The third kappa shape index (κ3) is 1.79. The summed E-state index contributed by atoms with van der Waals surface area (Å²) in [5.74, 6) is 0.167. The number of aromatic nitrogens is 1. The van der Waals surface area contributed by atoms with Crippen LogP contribution in [0, 0.1) is 11.3 Å². The highest BCUT2D eigenvalue weighted by Crippen LogP contribution is 2.26. The minimum atomic E-state index is 0.167. The summed E-state index contributed by atoms with van der Waals surface area (Å²) >= 11 is 0. The first-order valence-corrected chi connectivity index (χ1v) is 4.46. The van der Waals surface area contributed by atoms with Gasteiger partial charge in [0.25, 0.3) is 0 Å². The number of pyridine rings is 1. The second-order valence-electron chi connectivity index (χ2n) is 3.06. The molecule has 0 aliphatic carbocycles. The van der Waals surface area contributed by atoms with Crippen LogP contribution in [-0.2, 0) is 0 Å². The van der Waals surface area contributed by atoms with E-state index in [9.17, 15) is 5.11 Å². The molecule has 15 heavy (non-hydrogen) atoms. The molecule has 72 valence electrons. The maximum absolute atomic E-state index is 9.60. The highest BCUT2D eigenvalue weighted by atomic mass is 16.3. The Hall–Kier alpha value is -2.34. The van der Waals surface area contributed by atoms with Crippen molar-refractivity contribution in [3.8, 4) is 23.1 Å². The van der Waals surface area contributed by atoms with Crippen LogP contribution in [0.15, 0.2) is 42.6 Å². The molecule has 0 bridgehead atoms. The van der Waals surface area contributed by atoms with E-state index in [2.05, 4.69) is 4.98 Å². The zero-order valence-electron chi connectivity index (χ0n) is 7.88. The Morgan fingerprint density at radius 2 is 2.00 bits per heavy atom. The van der Waals surface area contributed by atoms with Crippen molar-refractivity contribution in [1.29, 1.82) is 5.26 Å². The van der Waals surface area contributed by atoms with Crippen molar-refractivity contribution < 1.29 is 5.11 Å². The van der Waals surface area contributed by atoms with Gasteiger partial charge in [0, 0.05) is 11.8 Å². The fourth-order valence-corrected chi connectivity index (χ4v) is 1.34. The number of hydrogen-bond acceptors (Lipinski definition) is 3. The van der Waals surface area contributed by atoms with Gasteiger partial charge >= 0.3 is 0 Å². The summed E-state index contributed by atoms with van der Waals surface area (Å²) in [5, 5.41) is 18.3. The SMILES string of the molecule is N#Cc1ccnc(-c2ccccc2O)c1. The van der Waals surface area contributed by atoms with Crippen LogP contribution in [0.1, 0.15) is 5.56 Å². The third-order valence-corrected chi connectivity index (χ3v) is 2.07. The van der Waals surface area contributed by atoms with E-state index in [1.165, 1.54) is 0 Å². The fraction of sp³-hybridized carbons (Fsp3) is 0. The average Bonchev–Trinajstić information content (AvgIpc) is 2.30. The zero-order chi connectivity index (χ0) is 10.7. The molecule has 1 aromatic heterocycles. The van der Waals surface area contributed by atoms with Crippen LogP contribution in [0.5, 0.6) is 5.75 Å². The molecule has 1 heterocycles. The van der Waals surface area contributed by atoms with Gasteiger partial charge in [-0.05, 0) is 24.3 Å². The lowest BCUT2D eigenvalue weighted by Crippen LogP contribution is -1.85. The van der Waals surface area contributed by atoms with Crippen LogP contribution in [0.25, 0.3) is 11.3 Å². The summed E-state index contributed by atoms with van der Waals surface area (Å²) < 4.78 is 0. The molecular formula is C12H8N2O. The van der Waals surface area contributed by atoms with Crippen molar-refractivity contribution in [2.24, 2.45) is 0 Å². The van der Waals surface area contributed by atoms with Gasteiger partial charge in [0.05, 0.1) is 17.3 Å². The third-order valence-electron chi connectivity index (χ3n) is 2.07. The maximum atomic E-state index is 9.60. The zero-order valence-corrected chi connectivity index (χ0v) is 7.88. The molecule has 0 spiro atoms. The second kappa shape index (κ2) is 3.81. The van der Waals surface area contributed by atoms with Gasteiger partial charge in [-0.2, -0.15) is 5.26 Å². The molecule has 1 N–H and O–H groups in total. The number of rotatable bonds is 1. The van der Waals surface area contributed by atoms with Crippen LogP contribution in [0.4, 0.5) is 0 Å². The molecule has 2 rings (SSSR count). The standard InChI is InChI=1S/C12H8N2O/c13-8-9-5-6-14-11(7-9)10-3-1-2-4-12(10)15/h1-7,15H. The van der Waals surface area contributed by atoms with Crippen LogP contribution in [-0.4, -0.2) is 10.1 Å². The fourth-order valence-electron chi connectivity index (χ4n) is 1.34. The van der Waals surface area contributed by atoms with Gasteiger partial charge in [-0.1, -0.05) is 12.1 Å². The number of para-hydroxylation sites is 1. The van der Waals surface area contributed by atoms with Crippen LogP contribution < -0.4 is 0 Å². The molecule has 0 aliphatic rings. The highest BCUT2D eigenvalue weighted by Gasteiger charge is 2.04. The lowest BCUT2D eigenvalue weighted by atomic mass is 10.1. The Bertz CT molecular complexity index is 529. The molecule has 0 saturated heterocycles. The predicted octanol–water partition coefficient (Wildman–Crippen LogP) is 2.33. The summed E-state index contributed by atoms with van der Waals surface area (Å²) in [6, 6.07) is 12.2. The number of phenolic OH excluding ortho intramolecular Hbond substituents is 1. The van der Waals surface area contributed by atoms with E-state index in [1.807, 2.05) is 12.1 Å². The van der Waals surface area contributed by atoms with E-state index >= 15 is 0 Å². The van der Waals surface area contributed by atoms with E-state index in [-0.39, 0.29) is 5.75 Å². The lowest BCUT2D eigenvalue weighted by molar-refractivity contribution is 0.477. The maximum Gasteiger partial charge on any atom is 0.124 e. The minimum Gasteiger partial charge on any atom is -0.507 e. The van der Waals surface area contributed by atoms with Gasteiger partial charge in [0.2, 0.25) is 0 Å². The first-order chi connectivity index (χ1) is 7.31. The Labute approximate surface area is 87.3 Å². The van der Waals surface area contributed by atoms with Crippen LogP contribution in [0.3, 0.4) is 0 Å². The van der Waals surface area contributed by atoms with Gasteiger partial charge < -0.3 is 5.11 Å². The second-order valence-corrected chi connectivity index (χ2v) is 3.06. The number of phenols is 1. The normalized spacial score (nSPS) is 9.53. The summed E-state index contributed by atoms with van der Waals surface area (Å²) in [4.78, 5) is 4.11. The molecule has 3 nitrogen and oxygen atoms in total. The molecular weight excluding hydrogens is 188 g/mol. The molecule has 0 radical (unpaired) electrons. The Balaban J connectivity index is 2.55. The van der Waals surface area contributed by atoms with Crippen molar-refractivity contribution in [2.75, 3.05) is 0 Å². The Morgan fingerprint density at radius 1 is 1.20 bits per heavy atom. The minimum absolute atomic E-state index is 0.167. The van der Waals surface area contributed by atoms with E-state index in [1.54, 1.807) is 36.5 Å². The van der Waals surface area contributed by atoms with Crippen LogP contribution >= 0.6 is 0 Å². The first kappa shape index (κ1) is 9.22. The van der Waals surface area contributed by atoms with E-state index in [0.717, 1.165) is 0 Å². The van der Waals surface area contributed by atoms with Crippen molar-refractivity contribution in [1.82, 2.24) is 4.98 Å². The molecule has 2 aromatic rings. The van der Waals surface area contributed by atoms with Gasteiger partial charge in [-0.25, -0.2) is 0 Å². The number of hydrogen-bond donors (Lipinski definition) is 1.